The number of aliphatic hydroxyl groups is 2. The molecule has 0 aromatic rings. The van der Waals surface area contributed by atoms with Crippen molar-refractivity contribution in [3.05, 3.63) is 12.2 Å². The molecule has 3 aliphatic carbocycles. The van der Waals surface area contributed by atoms with E-state index in [-0.39, 0.29) is 35.2 Å². The molecule has 0 saturated heterocycles. The Kier molecular flexibility index (Phi) is 4.37. The predicted octanol–water partition coefficient (Wildman–Crippen LogP) is 3.23. The van der Waals surface area contributed by atoms with Crippen molar-refractivity contribution in [1.82, 2.24) is 0 Å². The molecule has 2 bridgehead atoms. The van der Waals surface area contributed by atoms with Crippen molar-refractivity contribution in [2.75, 3.05) is 6.61 Å². The fourth-order valence-electron chi connectivity index (χ4n) is 6.81. The Hall–Kier alpha value is -0.870. The Labute approximate surface area is 145 Å². The van der Waals surface area contributed by atoms with E-state index < -0.39 is 12.1 Å². The highest BCUT2D eigenvalue weighted by Crippen LogP contribution is 2.68. The van der Waals surface area contributed by atoms with Crippen molar-refractivity contribution in [2.45, 2.75) is 65.4 Å². The van der Waals surface area contributed by atoms with Gasteiger partial charge in [0.15, 0.2) is 0 Å². The maximum atomic E-state index is 11.2. The molecule has 4 heteroatoms. The first-order chi connectivity index (χ1) is 11.2. The number of carboxylic acids is 1. The Morgan fingerprint density at radius 1 is 1.33 bits per heavy atom. The molecule has 0 aromatic heterocycles. The number of hydrogen-bond donors (Lipinski definition) is 3. The molecule has 3 N–H and O–H groups in total. The Morgan fingerprint density at radius 3 is 2.62 bits per heavy atom. The van der Waals surface area contributed by atoms with Crippen molar-refractivity contribution in [3.8, 4) is 0 Å². The zero-order valence-corrected chi connectivity index (χ0v) is 15.2. The third kappa shape index (κ3) is 2.53. The zero-order chi connectivity index (χ0) is 17.8. The molecule has 4 nitrogen and oxygen atoms in total. The average Bonchev–Trinajstić information content (AvgIpc) is 2.77. The van der Waals surface area contributed by atoms with Gasteiger partial charge in [-0.25, -0.2) is 0 Å². The van der Waals surface area contributed by atoms with Gasteiger partial charge in [0.1, 0.15) is 0 Å². The lowest BCUT2D eigenvalue weighted by atomic mass is 9.43. The molecule has 0 aliphatic heterocycles. The highest BCUT2D eigenvalue weighted by Gasteiger charge is 2.63. The van der Waals surface area contributed by atoms with Crippen LogP contribution in [0, 0.1) is 34.0 Å². The molecule has 136 valence electrons. The quantitative estimate of drug-likeness (QED) is 0.674. The first-order valence-corrected chi connectivity index (χ1v) is 9.39. The van der Waals surface area contributed by atoms with E-state index >= 15 is 0 Å². The van der Waals surface area contributed by atoms with Crippen LogP contribution in [0.5, 0.6) is 0 Å². The van der Waals surface area contributed by atoms with E-state index in [0.29, 0.717) is 18.3 Å². The van der Waals surface area contributed by atoms with Gasteiger partial charge in [0.2, 0.25) is 0 Å². The van der Waals surface area contributed by atoms with Gasteiger partial charge >= 0.3 is 5.97 Å². The number of carbonyl (C=O) groups is 1. The van der Waals surface area contributed by atoms with E-state index in [1.165, 1.54) is 0 Å². The van der Waals surface area contributed by atoms with Crippen LogP contribution in [0.25, 0.3) is 0 Å². The second-order valence-corrected chi connectivity index (χ2v) is 9.30. The number of hydrogen-bond acceptors (Lipinski definition) is 3. The van der Waals surface area contributed by atoms with Gasteiger partial charge < -0.3 is 15.3 Å². The summed E-state index contributed by atoms with van der Waals surface area (Å²) in [6.45, 7) is 6.69. The Morgan fingerprint density at radius 2 is 2.04 bits per heavy atom. The van der Waals surface area contributed by atoms with Crippen molar-refractivity contribution in [2.24, 2.45) is 34.0 Å². The van der Waals surface area contributed by atoms with Crippen molar-refractivity contribution in [3.63, 3.8) is 0 Å². The highest BCUT2D eigenvalue weighted by atomic mass is 16.4. The Balaban J connectivity index is 1.99. The van der Waals surface area contributed by atoms with Crippen LogP contribution < -0.4 is 0 Å². The summed E-state index contributed by atoms with van der Waals surface area (Å²) in [6, 6.07) is 0. The second kappa shape index (κ2) is 5.84. The molecule has 0 unspecified atom stereocenters. The van der Waals surface area contributed by atoms with E-state index in [4.69, 9.17) is 0 Å². The molecule has 3 aliphatic rings. The first-order valence-electron chi connectivity index (χ1n) is 9.39. The van der Waals surface area contributed by atoms with Gasteiger partial charge in [0.25, 0.3) is 0 Å². The van der Waals surface area contributed by atoms with Crippen molar-refractivity contribution >= 4 is 5.97 Å². The topological polar surface area (TPSA) is 77.8 Å². The SMILES string of the molecule is CC(C)[C@H]1[C@H](O)C[C@@]23C=C[C@@](CO)(CC[C@H]2[C@]1(C)CCC(=O)O)C3. The number of carboxylic acid groups (broad SMARTS) is 1. The van der Waals surface area contributed by atoms with Crippen LogP contribution in [0.4, 0.5) is 0 Å². The molecule has 1 spiro atoms. The Bertz CT molecular complexity index is 542. The third-order valence-corrected chi connectivity index (χ3v) is 7.55. The fourth-order valence-corrected chi connectivity index (χ4v) is 6.81. The van der Waals surface area contributed by atoms with Gasteiger partial charge in [0, 0.05) is 11.8 Å². The minimum atomic E-state index is -0.754. The fraction of sp³-hybridized carbons (Fsp3) is 0.850. The molecule has 6 atom stereocenters. The van der Waals surface area contributed by atoms with E-state index in [2.05, 4.69) is 32.9 Å². The van der Waals surface area contributed by atoms with E-state index in [0.717, 1.165) is 25.7 Å². The maximum Gasteiger partial charge on any atom is 0.303 e. The minimum absolute atomic E-state index is 0.0704. The monoisotopic (exact) mass is 336 g/mol. The van der Waals surface area contributed by atoms with E-state index in [9.17, 15) is 20.1 Å². The van der Waals surface area contributed by atoms with Gasteiger partial charge in [0.05, 0.1) is 12.7 Å². The van der Waals surface area contributed by atoms with Crippen LogP contribution in [0.15, 0.2) is 12.2 Å². The number of rotatable bonds is 5. The number of aliphatic hydroxyl groups excluding tert-OH is 2. The molecule has 0 heterocycles. The largest absolute Gasteiger partial charge is 0.481 e. The predicted molar refractivity (Wildman–Crippen MR) is 92.4 cm³/mol. The standard InChI is InChI=1S/C20H32O4/c1-13(2)17-14(22)10-20-9-8-19(11-20,12-21)7-4-15(20)18(17,3)6-5-16(23)24/h8-9,13-15,17,21-22H,4-7,10-12H2,1-3H3,(H,23,24)/t14-,15+,17+,18+,19+,20-/m1/s1. The van der Waals surface area contributed by atoms with Crippen LogP contribution in [0.1, 0.15) is 59.3 Å². The zero-order valence-electron chi connectivity index (χ0n) is 15.2. The van der Waals surface area contributed by atoms with E-state index in [1.807, 2.05) is 0 Å². The number of allylic oxidation sites excluding steroid dienone is 1. The van der Waals surface area contributed by atoms with Crippen molar-refractivity contribution < 1.29 is 20.1 Å². The summed E-state index contributed by atoms with van der Waals surface area (Å²) >= 11 is 0. The third-order valence-electron chi connectivity index (χ3n) is 7.55. The summed E-state index contributed by atoms with van der Waals surface area (Å²) in [5.41, 5.74) is -0.367. The molecule has 24 heavy (non-hydrogen) atoms. The lowest BCUT2D eigenvalue weighted by molar-refractivity contribution is -0.163. The van der Waals surface area contributed by atoms with Gasteiger partial charge in [-0.2, -0.15) is 0 Å². The molecular formula is C20H32O4. The number of fused-ring (bicyclic) bond motifs is 1. The van der Waals surface area contributed by atoms with Crippen LogP contribution in [0.2, 0.25) is 0 Å². The summed E-state index contributed by atoms with van der Waals surface area (Å²) in [6.07, 6.45) is 8.47. The molecule has 0 aromatic carbocycles. The summed E-state index contributed by atoms with van der Waals surface area (Å²) in [4.78, 5) is 11.2. The van der Waals surface area contributed by atoms with Gasteiger partial charge in [-0.05, 0) is 60.7 Å². The van der Waals surface area contributed by atoms with Crippen molar-refractivity contribution in [1.29, 1.82) is 0 Å². The molecule has 3 rings (SSSR count). The molecule has 2 fully saturated rings. The summed E-state index contributed by atoms with van der Waals surface area (Å²) in [5, 5.41) is 30.1. The summed E-state index contributed by atoms with van der Waals surface area (Å²) < 4.78 is 0. The van der Waals surface area contributed by atoms with E-state index in [1.54, 1.807) is 0 Å². The van der Waals surface area contributed by atoms with Crippen LogP contribution in [-0.2, 0) is 4.79 Å². The summed E-state index contributed by atoms with van der Waals surface area (Å²) in [5.74, 6) is 0.0862. The van der Waals surface area contributed by atoms with Gasteiger partial charge in [-0.15, -0.1) is 0 Å². The van der Waals surface area contributed by atoms with Gasteiger partial charge in [-0.3, -0.25) is 4.79 Å². The summed E-state index contributed by atoms with van der Waals surface area (Å²) in [7, 11) is 0. The van der Waals surface area contributed by atoms with Gasteiger partial charge in [-0.1, -0.05) is 32.9 Å². The smallest absolute Gasteiger partial charge is 0.303 e. The average molecular weight is 336 g/mol. The lowest BCUT2D eigenvalue weighted by Crippen LogP contribution is -2.58. The molecular weight excluding hydrogens is 304 g/mol. The maximum absolute atomic E-state index is 11.2. The van der Waals surface area contributed by atoms with Crippen LogP contribution in [0.3, 0.4) is 0 Å². The highest BCUT2D eigenvalue weighted by molar-refractivity contribution is 5.66. The normalized spacial score (nSPS) is 47.0. The molecule has 2 saturated carbocycles. The second-order valence-electron chi connectivity index (χ2n) is 9.30. The molecule has 0 amide bonds. The molecule has 0 radical (unpaired) electrons. The number of aliphatic carboxylic acids is 1. The first kappa shape index (κ1) is 17.9. The van der Waals surface area contributed by atoms with Crippen LogP contribution in [-0.4, -0.2) is 34.0 Å². The minimum Gasteiger partial charge on any atom is -0.481 e. The van der Waals surface area contributed by atoms with Crippen LogP contribution >= 0.6 is 0 Å². The lowest BCUT2D eigenvalue weighted by Gasteiger charge is -2.61.